The Bertz CT molecular complexity index is 4490. The predicted molar refractivity (Wildman–Crippen MR) is 297 cm³/mol. The summed E-state index contributed by atoms with van der Waals surface area (Å²) in [6.45, 7) is 11.7. The molecule has 6 nitrogen and oxygen atoms in total. The number of rotatable bonds is 7. The van der Waals surface area contributed by atoms with E-state index in [9.17, 15) is 29.0 Å². The van der Waals surface area contributed by atoms with Crippen LogP contribution >= 0.6 is 0 Å². The fraction of sp³-hybridized carbons (Fsp3) is 0.0448. The van der Waals surface area contributed by atoms with Gasteiger partial charge < -0.3 is 9.13 Å². The Kier molecular flexibility index (Phi) is 11.2. The zero-order chi connectivity index (χ0) is 52.4. The van der Waals surface area contributed by atoms with Crippen LogP contribution in [0, 0.1) is 54.4 Å². The van der Waals surface area contributed by atoms with Gasteiger partial charge in [-0.25, -0.2) is 4.85 Å². The Labute approximate surface area is 435 Å². The number of hydrogen-bond donors (Lipinski definition) is 0. The SMILES string of the molecule is [C-]#[N+]c1ccccc1-c1ccc2c(c1)c1cc(-c3ccccc3C#N)ccc1n2-c1cc(-c2cc(C)cc(C(F)(F)F)c2)cc(-n2c3ccc(-c4ccccc4C)cc3c3cc(-c4ccccc4C#N)ccc32)c1C#N. The maximum atomic E-state index is 14.8. The maximum absolute atomic E-state index is 14.8. The zero-order valence-corrected chi connectivity index (χ0v) is 40.9. The van der Waals surface area contributed by atoms with Gasteiger partial charge >= 0.3 is 6.18 Å². The van der Waals surface area contributed by atoms with E-state index in [2.05, 4.69) is 60.3 Å². The van der Waals surface area contributed by atoms with E-state index in [0.717, 1.165) is 94.8 Å². The van der Waals surface area contributed by atoms with E-state index < -0.39 is 11.7 Å². The van der Waals surface area contributed by atoms with Gasteiger partial charge in [-0.3, -0.25) is 0 Å². The molecule has 12 rings (SSSR count). The molecule has 0 radical (unpaired) electrons. The number of halogens is 3. The Balaban J connectivity index is 1.21. The molecule has 0 unspecified atom stereocenters. The van der Waals surface area contributed by atoms with Crippen molar-refractivity contribution in [1.82, 2.24) is 9.13 Å². The van der Waals surface area contributed by atoms with Crippen LogP contribution in [0.3, 0.4) is 0 Å². The lowest BCUT2D eigenvalue weighted by Gasteiger charge is -2.19. The molecule has 0 bridgehead atoms. The number of hydrogen-bond acceptors (Lipinski definition) is 3. The van der Waals surface area contributed by atoms with E-state index in [0.29, 0.717) is 55.9 Å². The molecular weight excluding hydrogens is 946 g/mol. The summed E-state index contributed by atoms with van der Waals surface area (Å²) < 4.78 is 48.3. The molecule has 358 valence electrons. The number of nitrogens with zero attached hydrogens (tertiary/aromatic N) is 6. The smallest absolute Gasteiger partial charge is 0.308 e. The molecule has 12 aromatic rings. The third kappa shape index (κ3) is 7.71. The second kappa shape index (κ2) is 18.2. The van der Waals surface area contributed by atoms with Gasteiger partial charge in [0.2, 0.25) is 0 Å². The van der Waals surface area contributed by atoms with Gasteiger partial charge in [0.05, 0.1) is 68.8 Å². The summed E-state index contributed by atoms with van der Waals surface area (Å²) in [5, 5.41) is 35.5. The number of para-hydroxylation sites is 1. The second-order valence-electron chi connectivity index (χ2n) is 18.9. The first kappa shape index (κ1) is 46.6. The topological polar surface area (TPSA) is 85.6 Å². The number of benzene rings is 10. The zero-order valence-electron chi connectivity index (χ0n) is 40.9. The van der Waals surface area contributed by atoms with Gasteiger partial charge in [0.1, 0.15) is 11.6 Å². The minimum Gasteiger partial charge on any atom is -0.308 e. The number of alkyl halides is 3. The summed E-state index contributed by atoms with van der Waals surface area (Å²) in [4.78, 5) is 3.83. The first-order valence-corrected chi connectivity index (χ1v) is 24.4. The number of aromatic nitrogens is 2. The molecule has 9 heteroatoms. The molecule has 0 N–H and O–H groups in total. The van der Waals surface area contributed by atoms with Crippen LogP contribution < -0.4 is 0 Å². The van der Waals surface area contributed by atoms with Crippen molar-refractivity contribution < 1.29 is 13.2 Å². The van der Waals surface area contributed by atoms with Crippen molar-refractivity contribution in [2.24, 2.45) is 0 Å². The van der Waals surface area contributed by atoms with E-state index in [1.165, 1.54) is 0 Å². The molecule has 0 aliphatic heterocycles. The van der Waals surface area contributed by atoms with E-state index in [-0.39, 0.29) is 5.56 Å². The van der Waals surface area contributed by atoms with Crippen molar-refractivity contribution in [2.45, 2.75) is 20.0 Å². The number of nitriles is 3. The third-order valence-corrected chi connectivity index (χ3v) is 14.5. The van der Waals surface area contributed by atoms with Gasteiger partial charge in [-0.05, 0) is 166 Å². The summed E-state index contributed by atoms with van der Waals surface area (Å²) >= 11 is 0. The van der Waals surface area contributed by atoms with Gasteiger partial charge in [-0.15, -0.1) is 0 Å². The Morgan fingerprint density at radius 3 is 1.28 bits per heavy atom. The molecule has 0 fully saturated rings. The molecule has 0 saturated heterocycles. The third-order valence-electron chi connectivity index (χ3n) is 14.5. The fourth-order valence-corrected chi connectivity index (χ4v) is 11.0. The molecule has 2 heterocycles. The van der Waals surface area contributed by atoms with Crippen LogP contribution in [0.1, 0.15) is 33.4 Å². The lowest BCUT2D eigenvalue weighted by atomic mass is 9.96. The average molecular weight is 985 g/mol. The van der Waals surface area contributed by atoms with Crippen LogP contribution in [0.25, 0.3) is 115 Å². The molecule has 0 amide bonds. The number of fused-ring (bicyclic) bond motifs is 6. The van der Waals surface area contributed by atoms with Crippen LogP contribution in [-0.2, 0) is 6.18 Å². The van der Waals surface area contributed by atoms with Gasteiger partial charge in [0.15, 0.2) is 5.69 Å². The standard InChI is InChI=1S/C67H39F3N6/c1-40-28-48(30-50(29-40)67(68,69)70)49-35-65(75-61-24-20-42(51-15-7-4-12-41(51)2)31-55(61)56-32-43(21-25-62(56)75)52-16-8-5-13-46(52)37-71)59(39-73)66(36-49)76-63-26-22-44(53-17-9-6-14-47(53)38-72)33-57(63)58-34-45(23-27-64(58)76)54-18-10-11-19-60(54)74-3/h4-36H,1-2H3. The molecular formula is C67H39F3N6. The van der Waals surface area contributed by atoms with Gasteiger partial charge in [0, 0.05) is 21.5 Å². The van der Waals surface area contributed by atoms with E-state index in [4.69, 9.17) is 6.57 Å². The van der Waals surface area contributed by atoms with Crippen LogP contribution in [-0.4, -0.2) is 9.13 Å². The van der Waals surface area contributed by atoms with Crippen molar-refractivity contribution in [1.29, 1.82) is 15.8 Å². The second-order valence-corrected chi connectivity index (χ2v) is 18.9. The van der Waals surface area contributed by atoms with Gasteiger partial charge in [0.25, 0.3) is 0 Å². The quantitative estimate of drug-likeness (QED) is 0.149. The average Bonchev–Trinajstić information content (AvgIpc) is 4.14. The molecule has 0 atom stereocenters. The van der Waals surface area contributed by atoms with E-state index in [1.54, 1.807) is 37.3 Å². The van der Waals surface area contributed by atoms with Crippen molar-refractivity contribution >= 4 is 49.3 Å². The first-order chi connectivity index (χ1) is 37.0. The highest BCUT2D eigenvalue weighted by Crippen LogP contribution is 2.45. The highest BCUT2D eigenvalue weighted by molar-refractivity contribution is 6.14. The summed E-state index contributed by atoms with van der Waals surface area (Å²) in [6.07, 6.45) is -4.64. The van der Waals surface area contributed by atoms with Crippen molar-refractivity contribution in [3.05, 3.63) is 245 Å². The summed E-state index contributed by atoms with van der Waals surface area (Å²) in [7, 11) is 0. The molecule has 0 spiro atoms. The maximum Gasteiger partial charge on any atom is 0.416 e. The normalized spacial score (nSPS) is 11.4. The Morgan fingerprint density at radius 2 is 0.829 bits per heavy atom. The van der Waals surface area contributed by atoms with E-state index in [1.807, 2.05) is 137 Å². The molecule has 10 aromatic carbocycles. The minimum absolute atomic E-state index is 0.258. The molecule has 0 aliphatic rings. The van der Waals surface area contributed by atoms with Crippen LogP contribution in [0.4, 0.5) is 18.9 Å². The molecule has 2 aromatic heterocycles. The minimum atomic E-state index is -4.64. The fourth-order valence-electron chi connectivity index (χ4n) is 11.0. The molecule has 0 aliphatic carbocycles. The Morgan fingerprint density at radius 1 is 0.421 bits per heavy atom. The van der Waals surface area contributed by atoms with Gasteiger partial charge in [-0.2, -0.15) is 29.0 Å². The van der Waals surface area contributed by atoms with Crippen LogP contribution in [0.15, 0.2) is 200 Å². The largest absolute Gasteiger partial charge is 0.416 e. The summed E-state index contributed by atoms with van der Waals surface area (Å²) in [5.41, 5.74) is 13.6. The highest BCUT2D eigenvalue weighted by Gasteiger charge is 2.32. The molecule has 76 heavy (non-hydrogen) atoms. The van der Waals surface area contributed by atoms with Crippen LogP contribution in [0.2, 0.25) is 0 Å². The predicted octanol–water partition coefficient (Wildman–Crippen LogP) is 18.0. The Hall–Kier alpha value is -10.5. The highest BCUT2D eigenvalue weighted by atomic mass is 19.4. The van der Waals surface area contributed by atoms with Crippen LogP contribution in [0.5, 0.6) is 0 Å². The molecule has 0 saturated carbocycles. The van der Waals surface area contributed by atoms with Crippen molar-refractivity contribution in [3.8, 4) is 85.2 Å². The number of aryl methyl sites for hydroxylation is 2. The van der Waals surface area contributed by atoms with Crippen molar-refractivity contribution in [2.75, 3.05) is 0 Å². The van der Waals surface area contributed by atoms with Gasteiger partial charge in [-0.1, -0.05) is 115 Å². The lowest BCUT2D eigenvalue weighted by molar-refractivity contribution is -0.137. The van der Waals surface area contributed by atoms with E-state index >= 15 is 0 Å². The summed E-state index contributed by atoms with van der Waals surface area (Å²) in [6, 6.07) is 69.4. The summed E-state index contributed by atoms with van der Waals surface area (Å²) in [5.74, 6) is 0. The first-order valence-electron chi connectivity index (χ1n) is 24.4. The van der Waals surface area contributed by atoms with Crippen molar-refractivity contribution in [3.63, 3.8) is 0 Å². The lowest BCUT2D eigenvalue weighted by Crippen LogP contribution is -2.07. The monoisotopic (exact) mass is 984 g/mol.